The van der Waals surface area contributed by atoms with Crippen LogP contribution in [0, 0.1) is 12.8 Å². The van der Waals surface area contributed by atoms with Crippen molar-refractivity contribution in [1.82, 2.24) is 20.1 Å². The minimum absolute atomic E-state index is 0.127. The van der Waals surface area contributed by atoms with Crippen LogP contribution in [0.2, 0.25) is 0 Å². The van der Waals surface area contributed by atoms with Gasteiger partial charge in [0, 0.05) is 13.1 Å². The molecule has 5 nitrogen and oxygen atoms in total. The summed E-state index contributed by atoms with van der Waals surface area (Å²) in [6.07, 6.45) is 0.978. The Morgan fingerprint density at radius 1 is 1.44 bits per heavy atom. The zero-order chi connectivity index (χ0) is 12.3. The molecule has 5 heteroatoms. The molecular formula is C11H20N4O. The van der Waals surface area contributed by atoms with Crippen LogP contribution >= 0.6 is 0 Å². The van der Waals surface area contributed by atoms with Crippen LogP contribution in [0.5, 0.6) is 0 Å². The van der Waals surface area contributed by atoms with E-state index in [0.29, 0.717) is 11.7 Å². The third kappa shape index (κ3) is 3.05. The molecule has 1 heterocycles. The summed E-state index contributed by atoms with van der Waals surface area (Å²) in [5, 5.41) is 6.55. The van der Waals surface area contributed by atoms with Crippen molar-refractivity contribution in [1.29, 1.82) is 0 Å². The molecule has 0 aliphatic heterocycles. The largest absolute Gasteiger partial charge is 0.336 e. The van der Waals surface area contributed by atoms with Crippen molar-refractivity contribution in [3.8, 4) is 0 Å². The Kier molecular flexibility index (Phi) is 4.04. The maximum absolute atomic E-state index is 12.0. The van der Waals surface area contributed by atoms with Crippen molar-refractivity contribution in [2.24, 2.45) is 5.92 Å². The second-order valence-electron chi connectivity index (χ2n) is 4.64. The van der Waals surface area contributed by atoms with Crippen LogP contribution in [-0.2, 0) is 0 Å². The van der Waals surface area contributed by atoms with E-state index < -0.39 is 0 Å². The van der Waals surface area contributed by atoms with Crippen molar-refractivity contribution < 1.29 is 4.79 Å². The lowest BCUT2D eigenvalue weighted by Crippen LogP contribution is -2.36. The third-order valence-corrected chi connectivity index (χ3v) is 2.58. The van der Waals surface area contributed by atoms with Crippen LogP contribution in [0.15, 0.2) is 0 Å². The van der Waals surface area contributed by atoms with Gasteiger partial charge in [-0.25, -0.2) is 4.98 Å². The molecule has 1 aromatic rings. The fraction of sp³-hybridized carbons (Fsp3) is 0.727. The maximum Gasteiger partial charge on any atom is 0.293 e. The van der Waals surface area contributed by atoms with Crippen molar-refractivity contribution in [3.05, 3.63) is 11.6 Å². The van der Waals surface area contributed by atoms with Gasteiger partial charge in [0.1, 0.15) is 5.82 Å². The normalized spacial score (nSPS) is 12.9. The summed E-state index contributed by atoms with van der Waals surface area (Å²) in [5.74, 6) is 1.35. The zero-order valence-electron chi connectivity index (χ0n) is 10.6. The Hall–Kier alpha value is -1.39. The number of aromatic nitrogens is 3. The van der Waals surface area contributed by atoms with Gasteiger partial charge in [-0.15, -0.1) is 5.10 Å². The quantitative estimate of drug-likeness (QED) is 0.845. The number of H-pyrrole nitrogens is 1. The molecule has 0 bridgehead atoms. The highest BCUT2D eigenvalue weighted by molar-refractivity contribution is 5.90. The van der Waals surface area contributed by atoms with Crippen molar-refractivity contribution >= 4 is 5.91 Å². The predicted molar refractivity (Wildman–Crippen MR) is 62.1 cm³/mol. The zero-order valence-corrected chi connectivity index (χ0v) is 10.6. The van der Waals surface area contributed by atoms with Crippen LogP contribution in [0.4, 0.5) is 0 Å². The molecular weight excluding hydrogens is 204 g/mol. The molecule has 90 valence electrons. The Balaban J connectivity index is 2.67. The highest BCUT2D eigenvalue weighted by Crippen LogP contribution is 2.11. The second-order valence-corrected chi connectivity index (χ2v) is 4.64. The van der Waals surface area contributed by atoms with E-state index >= 15 is 0 Å². The number of aromatic amines is 1. The van der Waals surface area contributed by atoms with E-state index in [2.05, 4.69) is 29.0 Å². The van der Waals surface area contributed by atoms with Crippen LogP contribution in [0.3, 0.4) is 0 Å². The minimum Gasteiger partial charge on any atom is -0.336 e. The first-order valence-electron chi connectivity index (χ1n) is 5.58. The third-order valence-electron chi connectivity index (χ3n) is 2.58. The van der Waals surface area contributed by atoms with Crippen molar-refractivity contribution in [3.63, 3.8) is 0 Å². The summed E-state index contributed by atoms with van der Waals surface area (Å²) in [6.45, 7) is 8.11. The minimum atomic E-state index is -0.127. The number of hydrogen-bond donors (Lipinski definition) is 1. The molecule has 0 saturated heterocycles. The molecule has 1 unspecified atom stereocenters. The molecule has 0 aliphatic carbocycles. The molecule has 1 aromatic heterocycles. The summed E-state index contributed by atoms with van der Waals surface area (Å²) in [4.78, 5) is 17.7. The Morgan fingerprint density at radius 3 is 2.50 bits per heavy atom. The van der Waals surface area contributed by atoms with Gasteiger partial charge in [0.05, 0.1) is 0 Å². The summed E-state index contributed by atoms with van der Waals surface area (Å²) in [6, 6.07) is 0.200. The number of rotatable bonds is 4. The van der Waals surface area contributed by atoms with Crippen LogP contribution in [0.1, 0.15) is 43.6 Å². The predicted octanol–water partition coefficient (Wildman–Crippen LogP) is 1.62. The van der Waals surface area contributed by atoms with E-state index in [0.717, 1.165) is 6.42 Å². The van der Waals surface area contributed by atoms with Gasteiger partial charge < -0.3 is 4.90 Å². The molecule has 1 N–H and O–H groups in total. The van der Waals surface area contributed by atoms with Gasteiger partial charge in [0.2, 0.25) is 5.82 Å². The molecule has 0 aliphatic rings. The second kappa shape index (κ2) is 5.09. The molecule has 0 fully saturated rings. The van der Waals surface area contributed by atoms with Gasteiger partial charge in [-0.1, -0.05) is 13.8 Å². The number of nitrogens with zero attached hydrogens (tertiary/aromatic N) is 3. The summed E-state index contributed by atoms with van der Waals surface area (Å²) in [5.41, 5.74) is 0. The van der Waals surface area contributed by atoms with E-state index in [4.69, 9.17) is 0 Å². The molecule has 0 spiro atoms. The van der Waals surface area contributed by atoms with Gasteiger partial charge in [0.15, 0.2) is 0 Å². The number of carbonyl (C=O) groups excluding carboxylic acids is 1. The first-order valence-corrected chi connectivity index (χ1v) is 5.58. The Labute approximate surface area is 96.3 Å². The summed E-state index contributed by atoms with van der Waals surface area (Å²) < 4.78 is 0. The Morgan fingerprint density at radius 2 is 2.06 bits per heavy atom. The molecule has 16 heavy (non-hydrogen) atoms. The molecule has 1 atom stereocenters. The molecule has 0 radical (unpaired) electrons. The lowest BCUT2D eigenvalue weighted by molar-refractivity contribution is 0.0716. The fourth-order valence-corrected chi connectivity index (χ4v) is 1.64. The van der Waals surface area contributed by atoms with E-state index in [9.17, 15) is 4.79 Å². The van der Waals surface area contributed by atoms with E-state index in [1.54, 1.807) is 18.9 Å². The van der Waals surface area contributed by atoms with Crippen LogP contribution < -0.4 is 0 Å². The number of carbonyl (C=O) groups is 1. The maximum atomic E-state index is 12.0. The van der Waals surface area contributed by atoms with E-state index in [1.165, 1.54) is 0 Å². The standard InChI is InChI=1S/C11H20N4O/c1-7(2)6-8(3)15(5)11(16)10-12-9(4)13-14-10/h7-8H,6H2,1-5H3,(H,12,13,14). The first-order chi connectivity index (χ1) is 7.41. The SMILES string of the molecule is Cc1nc(C(=O)N(C)C(C)CC(C)C)n[nH]1. The van der Waals surface area contributed by atoms with Crippen LogP contribution in [0.25, 0.3) is 0 Å². The summed E-state index contributed by atoms with van der Waals surface area (Å²) in [7, 11) is 1.79. The number of aryl methyl sites for hydroxylation is 1. The lowest BCUT2D eigenvalue weighted by Gasteiger charge is -2.25. The van der Waals surface area contributed by atoms with Crippen LogP contribution in [-0.4, -0.2) is 39.1 Å². The van der Waals surface area contributed by atoms with Gasteiger partial charge in [0.25, 0.3) is 5.91 Å². The highest BCUT2D eigenvalue weighted by atomic mass is 16.2. The molecule has 0 aromatic carbocycles. The average Bonchev–Trinajstić information content (AvgIpc) is 2.61. The first kappa shape index (κ1) is 12.7. The highest BCUT2D eigenvalue weighted by Gasteiger charge is 2.21. The van der Waals surface area contributed by atoms with E-state index in [-0.39, 0.29) is 17.8 Å². The van der Waals surface area contributed by atoms with Gasteiger partial charge in [-0.3, -0.25) is 9.89 Å². The lowest BCUT2D eigenvalue weighted by atomic mass is 10.0. The monoisotopic (exact) mass is 224 g/mol. The van der Waals surface area contributed by atoms with E-state index in [1.807, 2.05) is 6.92 Å². The molecule has 1 amide bonds. The summed E-state index contributed by atoms with van der Waals surface area (Å²) >= 11 is 0. The topological polar surface area (TPSA) is 61.9 Å². The average molecular weight is 224 g/mol. The number of hydrogen-bond acceptors (Lipinski definition) is 3. The van der Waals surface area contributed by atoms with Gasteiger partial charge in [-0.2, -0.15) is 0 Å². The Bertz CT molecular complexity index is 359. The number of nitrogens with one attached hydrogen (secondary N) is 1. The number of amides is 1. The fourth-order valence-electron chi connectivity index (χ4n) is 1.64. The van der Waals surface area contributed by atoms with Gasteiger partial charge >= 0.3 is 0 Å². The van der Waals surface area contributed by atoms with Crippen molar-refractivity contribution in [2.45, 2.75) is 40.2 Å². The van der Waals surface area contributed by atoms with Gasteiger partial charge in [-0.05, 0) is 26.2 Å². The molecule has 1 rings (SSSR count). The molecule has 0 saturated carbocycles. The van der Waals surface area contributed by atoms with Crippen molar-refractivity contribution in [2.75, 3.05) is 7.05 Å². The smallest absolute Gasteiger partial charge is 0.293 e.